The van der Waals surface area contributed by atoms with E-state index in [9.17, 15) is 18.0 Å². The van der Waals surface area contributed by atoms with Crippen LogP contribution < -0.4 is 10.3 Å². The van der Waals surface area contributed by atoms with Crippen LogP contribution in [0.15, 0.2) is 46.3 Å². The maximum Gasteiger partial charge on any atom is 0.422 e. The first kappa shape index (κ1) is 16.6. The highest BCUT2D eigenvalue weighted by atomic mass is 19.4. The van der Waals surface area contributed by atoms with Crippen LogP contribution in [0.25, 0.3) is 11.3 Å². The number of aromatic nitrogens is 5. The van der Waals surface area contributed by atoms with Crippen molar-refractivity contribution in [2.45, 2.75) is 12.7 Å². The summed E-state index contributed by atoms with van der Waals surface area (Å²) < 4.78 is 46.9. The molecule has 11 heteroatoms. The van der Waals surface area contributed by atoms with E-state index in [4.69, 9.17) is 4.42 Å². The summed E-state index contributed by atoms with van der Waals surface area (Å²) in [5, 5.41) is 4.15. The fourth-order valence-electron chi connectivity index (χ4n) is 1.85. The van der Waals surface area contributed by atoms with E-state index < -0.39 is 18.8 Å². The van der Waals surface area contributed by atoms with Gasteiger partial charge in [0.1, 0.15) is 12.3 Å². The monoisotopic (exact) mass is 353 g/mol. The highest BCUT2D eigenvalue weighted by Crippen LogP contribution is 2.18. The van der Waals surface area contributed by atoms with Crippen molar-refractivity contribution in [3.8, 4) is 17.3 Å². The highest BCUT2D eigenvalue weighted by molar-refractivity contribution is 5.55. The molecular weight excluding hydrogens is 343 g/mol. The Bertz CT molecular complexity index is 891. The zero-order valence-electron chi connectivity index (χ0n) is 12.5. The summed E-state index contributed by atoms with van der Waals surface area (Å²) >= 11 is 0. The number of hydrogen-bond donors (Lipinski definition) is 0. The minimum atomic E-state index is -4.47. The quantitative estimate of drug-likeness (QED) is 0.688. The van der Waals surface area contributed by atoms with Gasteiger partial charge in [-0.3, -0.25) is 4.79 Å². The van der Waals surface area contributed by atoms with Gasteiger partial charge in [-0.1, -0.05) is 0 Å². The Morgan fingerprint density at radius 2 is 1.92 bits per heavy atom. The molecule has 0 aliphatic rings. The zero-order chi connectivity index (χ0) is 17.9. The molecule has 3 aromatic heterocycles. The second-order valence-electron chi connectivity index (χ2n) is 4.84. The van der Waals surface area contributed by atoms with Crippen molar-refractivity contribution < 1.29 is 22.3 Å². The SMILES string of the molecule is O=c1ccc(-c2cnc(OCC(F)(F)F)nc2)nn1Cc1cnco1. The Kier molecular flexibility index (Phi) is 4.46. The van der Waals surface area contributed by atoms with Gasteiger partial charge in [0.15, 0.2) is 13.0 Å². The third-order valence-electron chi connectivity index (χ3n) is 2.94. The molecule has 8 nitrogen and oxygen atoms in total. The van der Waals surface area contributed by atoms with E-state index >= 15 is 0 Å². The average molecular weight is 353 g/mol. The molecule has 0 atom stereocenters. The van der Waals surface area contributed by atoms with Crippen molar-refractivity contribution >= 4 is 0 Å². The summed E-state index contributed by atoms with van der Waals surface area (Å²) in [5.41, 5.74) is 0.415. The van der Waals surface area contributed by atoms with Gasteiger partial charge in [-0.2, -0.15) is 18.3 Å². The summed E-state index contributed by atoms with van der Waals surface area (Å²) in [6, 6.07) is 2.34. The number of nitrogens with zero attached hydrogens (tertiary/aromatic N) is 5. The molecule has 3 heterocycles. The molecule has 3 aromatic rings. The molecule has 0 radical (unpaired) electrons. The largest absolute Gasteiger partial charge is 0.454 e. The van der Waals surface area contributed by atoms with Crippen LogP contribution in [0.3, 0.4) is 0 Å². The van der Waals surface area contributed by atoms with Crippen molar-refractivity contribution in [2.75, 3.05) is 6.61 Å². The second-order valence-corrected chi connectivity index (χ2v) is 4.84. The van der Waals surface area contributed by atoms with Gasteiger partial charge in [-0.15, -0.1) is 0 Å². The van der Waals surface area contributed by atoms with E-state index in [0.717, 1.165) is 4.68 Å². The predicted octanol–water partition coefficient (Wildman–Crippen LogP) is 1.68. The fourth-order valence-corrected chi connectivity index (χ4v) is 1.85. The van der Waals surface area contributed by atoms with Gasteiger partial charge in [0.2, 0.25) is 0 Å². The van der Waals surface area contributed by atoms with Crippen molar-refractivity contribution in [3.63, 3.8) is 0 Å². The number of ether oxygens (including phenoxy) is 1. The van der Waals surface area contributed by atoms with Crippen molar-refractivity contribution in [2.24, 2.45) is 0 Å². The first-order valence-electron chi connectivity index (χ1n) is 6.88. The van der Waals surface area contributed by atoms with Crippen LogP contribution in [0.1, 0.15) is 5.76 Å². The Balaban J connectivity index is 1.78. The van der Waals surface area contributed by atoms with Gasteiger partial charge >= 0.3 is 12.2 Å². The minimum absolute atomic E-state index is 0.0836. The van der Waals surface area contributed by atoms with Crippen LogP contribution in [0.4, 0.5) is 13.2 Å². The molecule has 0 aliphatic carbocycles. The lowest BCUT2D eigenvalue weighted by atomic mass is 10.2. The van der Waals surface area contributed by atoms with Gasteiger partial charge in [-0.05, 0) is 6.07 Å². The normalized spacial score (nSPS) is 11.5. The molecule has 0 fully saturated rings. The van der Waals surface area contributed by atoms with Crippen LogP contribution in [0.2, 0.25) is 0 Å². The lowest BCUT2D eigenvalue weighted by Gasteiger charge is -2.08. The summed E-state index contributed by atoms with van der Waals surface area (Å²) in [6.45, 7) is -1.40. The number of halogens is 3. The van der Waals surface area contributed by atoms with Crippen molar-refractivity contribution in [1.29, 1.82) is 0 Å². The van der Waals surface area contributed by atoms with Crippen LogP contribution in [0.5, 0.6) is 6.01 Å². The van der Waals surface area contributed by atoms with Crippen LogP contribution >= 0.6 is 0 Å². The molecule has 0 aromatic carbocycles. The first-order valence-corrected chi connectivity index (χ1v) is 6.88. The molecule has 0 spiro atoms. The number of rotatable bonds is 5. The zero-order valence-corrected chi connectivity index (χ0v) is 12.5. The summed E-state index contributed by atoms with van der Waals surface area (Å²) in [7, 11) is 0. The molecule has 130 valence electrons. The molecule has 0 saturated carbocycles. The second kappa shape index (κ2) is 6.71. The van der Waals surface area contributed by atoms with Crippen LogP contribution in [-0.2, 0) is 6.54 Å². The van der Waals surface area contributed by atoms with Gasteiger partial charge in [0.25, 0.3) is 5.56 Å². The number of oxazole rings is 1. The van der Waals surface area contributed by atoms with Gasteiger partial charge in [-0.25, -0.2) is 19.6 Å². The predicted molar refractivity (Wildman–Crippen MR) is 76.7 cm³/mol. The molecule has 0 amide bonds. The first-order chi connectivity index (χ1) is 11.9. The van der Waals surface area contributed by atoms with E-state index in [2.05, 4.69) is 24.8 Å². The molecule has 0 aliphatic heterocycles. The van der Waals surface area contributed by atoms with Crippen LogP contribution in [0, 0.1) is 0 Å². The third kappa shape index (κ3) is 4.40. The average Bonchev–Trinajstić information content (AvgIpc) is 3.08. The minimum Gasteiger partial charge on any atom is -0.454 e. The standard InChI is InChI=1S/C14H10F3N5O3/c15-14(16,17)7-24-13-19-3-9(4-20-13)11-1-2-12(23)22(21-11)6-10-5-18-8-25-10/h1-5,8H,6-7H2. The molecular formula is C14H10F3N5O3. The topological polar surface area (TPSA) is 95.9 Å². The number of hydrogen-bond acceptors (Lipinski definition) is 7. The maximum absolute atomic E-state index is 12.1. The lowest BCUT2D eigenvalue weighted by molar-refractivity contribution is -0.154. The third-order valence-corrected chi connectivity index (χ3v) is 2.94. The molecule has 0 saturated heterocycles. The lowest BCUT2D eigenvalue weighted by Crippen LogP contribution is -2.22. The van der Waals surface area contributed by atoms with Crippen molar-refractivity contribution in [3.05, 3.63) is 53.2 Å². The maximum atomic E-state index is 12.1. The Morgan fingerprint density at radius 1 is 1.16 bits per heavy atom. The molecule has 3 rings (SSSR count). The van der Waals surface area contributed by atoms with Gasteiger partial charge < -0.3 is 9.15 Å². The van der Waals surface area contributed by atoms with E-state index in [-0.39, 0.29) is 12.1 Å². The Labute approximate surface area is 137 Å². The number of alkyl halides is 3. The van der Waals surface area contributed by atoms with Crippen molar-refractivity contribution in [1.82, 2.24) is 24.7 Å². The molecule has 0 bridgehead atoms. The van der Waals surface area contributed by atoms with E-state index in [1.165, 1.54) is 37.1 Å². The highest BCUT2D eigenvalue weighted by Gasteiger charge is 2.28. The Morgan fingerprint density at radius 3 is 2.56 bits per heavy atom. The summed E-state index contributed by atoms with van der Waals surface area (Å²) in [6.07, 6.45) is 0.725. The summed E-state index contributed by atoms with van der Waals surface area (Å²) in [5.74, 6) is 0.443. The van der Waals surface area contributed by atoms with Gasteiger partial charge in [0.05, 0.1) is 11.9 Å². The smallest absolute Gasteiger partial charge is 0.422 e. The molecule has 25 heavy (non-hydrogen) atoms. The van der Waals surface area contributed by atoms with E-state index in [1.54, 1.807) is 0 Å². The fraction of sp³-hybridized carbons (Fsp3) is 0.214. The summed E-state index contributed by atoms with van der Waals surface area (Å²) in [4.78, 5) is 23.0. The Hall–Kier alpha value is -3.24. The van der Waals surface area contributed by atoms with E-state index in [1.807, 2.05) is 0 Å². The molecule has 0 N–H and O–H groups in total. The molecule has 0 unspecified atom stereocenters. The van der Waals surface area contributed by atoms with Crippen LogP contribution in [-0.4, -0.2) is 37.5 Å². The van der Waals surface area contributed by atoms with E-state index in [0.29, 0.717) is 17.0 Å². The van der Waals surface area contributed by atoms with Gasteiger partial charge in [0, 0.05) is 24.0 Å².